The van der Waals surface area contributed by atoms with Crippen LogP contribution in [0.3, 0.4) is 0 Å². The van der Waals surface area contributed by atoms with Gasteiger partial charge in [-0.25, -0.2) is 0 Å². The number of benzene rings is 1. The van der Waals surface area contributed by atoms with Crippen molar-refractivity contribution < 1.29 is 19.1 Å². The van der Waals surface area contributed by atoms with Gasteiger partial charge in [-0.2, -0.15) is 0 Å². The number of hydrogen-bond donors (Lipinski definition) is 0. The van der Waals surface area contributed by atoms with Gasteiger partial charge in [-0.1, -0.05) is 12.1 Å². The molecule has 2 heterocycles. The molecule has 0 bridgehead atoms. The smallest absolute Gasteiger partial charge is 0.326 e. The zero-order chi connectivity index (χ0) is 21.3. The fourth-order valence-electron chi connectivity index (χ4n) is 3.40. The summed E-state index contributed by atoms with van der Waals surface area (Å²) < 4.78 is 6.99. The normalized spacial score (nSPS) is 15.5. The second-order valence-electron chi connectivity index (χ2n) is 6.95. The number of aryl methyl sites for hydroxylation is 2. The van der Waals surface area contributed by atoms with E-state index in [4.69, 9.17) is 4.74 Å². The van der Waals surface area contributed by atoms with Gasteiger partial charge in [-0.05, 0) is 81.3 Å². The van der Waals surface area contributed by atoms with Crippen molar-refractivity contribution in [3.8, 4) is 5.69 Å². The van der Waals surface area contributed by atoms with E-state index in [0.717, 1.165) is 39.3 Å². The summed E-state index contributed by atoms with van der Waals surface area (Å²) in [5.74, 6) is -1.06. The van der Waals surface area contributed by atoms with Gasteiger partial charge in [0.2, 0.25) is 0 Å². The van der Waals surface area contributed by atoms with Crippen LogP contribution in [0, 0.1) is 27.7 Å². The number of ether oxygens (including phenoxy) is 1. The molecule has 0 saturated carbocycles. The lowest BCUT2D eigenvalue weighted by molar-refractivity contribution is -0.145. The van der Waals surface area contributed by atoms with Gasteiger partial charge in [0.15, 0.2) is 0 Å². The van der Waals surface area contributed by atoms with E-state index in [0.29, 0.717) is 4.91 Å². The monoisotopic (exact) mass is 412 g/mol. The Labute approximate surface area is 174 Å². The first-order valence-electron chi connectivity index (χ1n) is 9.41. The Hall–Kier alpha value is -2.80. The SMILES string of the molecule is CCOC(=O)CN1C(=O)S/C(=C\c2cc(C)n(-c3cccc(C)c3C)c2C)C1=O. The highest BCUT2D eigenvalue weighted by Gasteiger charge is 2.36. The number of rotatable bonds is 5. The van der Waals surface area contributed by atoms with Gasteiger partial charge in [-0.3, -0.25) is 19.3 Å². The maximum Gasteiger partial charge on any atom is 0.326 e. The number of carbonyl (C=O) groups is 3. The maximum absolute atomic E-state index is 12.6. The van der Waals surface area contributed by atoms with E-state index in [-0.39, 0.29) is 13.2 Å². The van der Waals surface area contributed by atoms with Crippen molar-refractivity contribution in [3.63, 3.8) is 0 Å². The number of amides is 2. The van der Waals surface area contributed by atoms with Crippen LogP contribution in [0.1, 0.15) is 35.0 Å². The quantitative estimate of drug-likeness (QED) is 0.541. The molecule has 0 aliphatic carbocycles. The number of nitrogens with zero attached hydrogens (tertiary/aromatic N) is 2. The number of hydrogen-bond acceptors (Lipinski definition) is 5. The highest BCUT2D eigenvalue weighted by atomic mass is 32.2. The molecule has 152 valence electrons. The summed E-state index contributed by atoms with van der Waals surface area (Å²) >= 11 is 0.843. The summed E-state index contributed by atoms with van der Waals surface area (Å²) in [6, 6.07) is 8.17. The molecular formula is C22H24N2O4S. The molecule has 7 heteroatoms. The van der Waals surface area contributed by atoms with Crippen LogP contribution in [-0.4, -0.2) is 39.7 Å². The Morgan fingerprint density at radius 1 is 1.17 bits per heavy atom. The van der Waals surface area contributed by atoms with Gasteiger partial charge in [0.25, 0.3) is 11.1 Å². The van der Waals surface area contributed by atoms with Crippen LogP contribution >= 0.6 is 11.8 Å². The van der Waals surface area contributed by atoms with Crippen LogP contribution in [0.2, 0.25) is 0 Å². The fraction of sp³-hybridized carbons (Fsp3) is 0.318. The second-order valence-corrected chi connectivity index (χ2v) is 7.95. The molecule has 1 aliphatic heterocycles. The summed E-state index contributed by atoms with van der Waals surface area (Å²) in [4.78, 5) is 37.7. The molecule has 1 aromatic carbocycles. The van der Waals surface area contributed by atoms with Crippen molar-refractivity contribution in [1.82, 2.24) is 9.47 Å². The molecule has 3 rings (SSSR count). The van der Waals surface area contributed by atoms with E-state index in [2.05, 4.69) is 30.5 Å². The van der Waals surface area contributed by atoms with E-state index in [1.54, 1.807) is 13.0 Å². The van der Waals surface area contributed by atoms with Crippen molar-refractivity contribution >= 4 is 35.0 Å². The number of carbonyl (C=O) groups excluding carboxylic acids is 3. The van der Waals surface area contributed by atoms with Gasteiger partial charge in [0, 0.05) is 17.1 Å². The second kappa shape index (κ2) is 8.29. The van der Waals surface area contributed by atoms with E-state index < -0.39 is 17.1 Å². The topological polar surface area (TPSA) is 68.6 Å². The van der Waals surface area contributed by atoms with Crippen molar-refractivity contribution in [2.24, 2.45) is 0 Å². The Kier molecular flexibility index (Phi) is 5.98. The summed E-state index contributed by atoms with van der Waals surface area (Å²) in [5.41, 5.74) is 6.37. The molecule has 2 amide bonds. The number of esters is 1. The Morgan fingerprint density at radius 3 is 2.59 bits per heavy atom. The first kappa shape index (κ1) is 20.9. The van der Waals surface area contributed by atoms with Gasteiger partial charge >= 0.3 is 5.97 Å². The molecule has 2 aromatic rings. The molecule has 6 nitrogen and oxygen atoms in total. The molecule has 1 saturated heterocycles. The zero-order valence-corrected chi connectivity index (χ0v) is 18.1. The Morgan fingerprint density at radius 2 is 1.90 bits per heavy atom. The van der Waals surface area contributed by atoms with Crippen LogP contribution in [0.5, 0.6) is 0 Å². The Balaban J connectivity index is 1.94. The lowest BCUT2D eigenvalue weighted by Gasteiger charge is -2.14. The van der Waals surface area contributed by atoms with Gasteiger partial charge in [-0.15, -0.1) is 0 Å². The minimum Gasteiger partial charge on any atom is -0.465 e. The van der Waals surface area contributed by atoms with Crippen LogP contribution < -0.4 is 0 Å². The van der Waals surface area contributed by atoms with Crippen LogP contribution in [0.15, 0.2) is 29.2 Å². The first-order chi connectivity index (χ1) is 13.7. The standard InChI is InChI=1S/C22H24N2O4S/c1-6-28-20(25)12-23-21(26)19(29-22(23)27)11-17-10-14(3)24(16(17)5)18-9-7-8-13(2)15(18)4/h7-11H,6,12H2,1-5H3/b19-11-. The summed E-state index contributed by atoms with van der Waals surface area (Å²) in [5, 5.41) is -0.461. The van der Waals surface area contributed by atoms with Gasteiger partial charge < -0.3 is 9.30 Å². The third-order valence-corrected chi connectivity index (χ3v) is 5.95. The number of imide groups is 1. The molecule has 29 heavy (non-hydrogen) atoms. The zero-order valence-electron chi connectivity index (χ0n) is 17.2. The van der Waals surface area contributed by atoms with E-state index in [1.165, 1.54) is 11.1 Å². The molecule has 0 unspecified atom stereocenters. The fourth-order valence-corrected chi connectivity index (χ4v) is 4.22. The predicted molar refractivity (Wildman–Crippen MR) is 114 cm³/mol. The molecular weight excluding hydrogens is 388 g/mol. The minimum atomic E-state index is -0.593. The third kappa shape index (κ3) is 4.00. The average Bonchev–Trinajstić information content (AvgIpc) is 3.08. The van der Waals surface area contributed by atoms with Gasteiger partial charge in [0.05, 0.1) is 11.5 Å². The molecule has 1 aliphatic rings. The highest BCUT2D eigenvalue weighted by Crippen LogP contribution is 2.34. The summed E-state index contributed by atoms with van der Waals surface area (Å²) in [7, 11) is 0. The predicted octanol–water partition coefficient (Wildman–Crippen LogP) is 4.31. The largest absolute Gasteiger partial charge is 0.465 e. The average molecular weight is 413 g/mol. The maximum atomic E-state index is 12.6. The molecule has 0 N–H and O–H groups in total. The van der Waals surface area contributed by atoms with E-state index in [9.17, 15) is 14.4 Å². The van der Waals surface area contributed by atoms with E-state index in [1.807, 2.05) is 26.0 Å². The van der Waals surface area contributed by atoms with Crippen LogP contribution in [-0.2, 0) is 14.3 Å². The van der Waals surface area contributed by atoms with Crippen molar-refractivity contribution in [3.05, 3.63) is 57.2 Å². The van der Waals surface area contributed by atoms with Crippen LogP contribution in [0.25, 0.3) is 11.8 Å². The lowest BCUT2D eigenvalue weighted by atomic mass is 10.1. The van der Waals surface area contributed by atoms with Crippen LogP contribution in [0.4, 0.5) is 4.79 Å². The molecule has 0 atom stereocenters. The summed E-state index contributed by atoms with van der Waals surface area (Å²) in [6.45, 7) is 9.68. The van der Waals surface area contributed by atoms with E-state index >= 15 is 0 Å². The summed E-state index contributed by atoms with van der Waals surface area (Å²) in [6.07, 6.45) is 1.72. The first-order valence-corrected chi connectivity index (χ1v) is 10.2. The lowest BCUT2D eigenvalue weighted by Crippen LogP contribution is -2.34. The molecule has 0 radical (unpaired) electrons. The Bertz CT molecular complexity index is 1040. The minimum absolute atomic E-state index is 0.204. The highest BCUT2D eigenvalue weighted by molar-refractivity contribution is 8.18. The number of thioether (sulfide) groups is 1. The molecule has 1 aromatic heterocycles. The molecule has 1 fully saturated rings. The van der Waals surface area contributed by atoms with Crippen molar-refractivity contribution in [2.75, 3.05) is 13.2 Å². The van der Waals surface area contributed by atoms with Crippen molar-refractivity contribution in [1.29, 1.82) is 0 Å². The van der Waals surface area contributed by atoms with Gasteiger partial charge in [0.1, 0.15) is 6.54 Å². The number of aromatic nitrogens is 1. The third-order valence-electron chi connectivity index (χ3n) is 5.04. The molecule has 0 spiro atoms. The van der Waals surface area contributed by atoms with Crippen molar-refractivity contribution in [2.45, 2.75) is 34.6 Å².